The summed E-state index contributed by atoms with van der Waals surface area (Å²) in [5, 5.41) is 3.42. The van der Waals surface area contributed by atoms with Gasteiger partial charge in [0, 0.05) is 49.9 Å². The number of sulfonamides is 1. The Hall–Kier alpha value is -2.00. The Labute approximate surface area is 168 Å². The highest BCUT2D eigenvalue weighted by molar-refractivity contribution is 7.89. The van der Waals surface area contributed by atoms with Gasteiger partial charge in [-0.05, 0) is 48.5 Å². The van der Waals surface area contributed by atoms with Crippen molar-refractivity contribution in [1.82, 2.24) is 14.5 Å². The first-order valence-electron chi connectivity index (χ1n) is 8.88. The molecule has 0 radical (unpaired) electrons. The number of nitrogens with zero attached hydrogens (tertiary/aromatic N) is 2. The summed E-state index contributed by atoms with van der Waals surface area (Å²) in [4.78, 5) is 14.3. The van der Waals surface area contributed by atoms with Gasteiger partial charge >= 0.3 is 0 Å². The quantitative estimate of drug-likeness (QED) is 0.770. The molecule has 28 heavy (non-hydrogen) atoms. The fourth-order valence-corrected chi connectivity index (χ4v) is 4.53. The van der Waals surface area contributed by atoms with Crippen LogP contribution in [0.25, 0.3) is 0 Å². The molecule has 6 nitrogen and oxygen atoms in total. The number of amides is 1. The van der Waals surface area contributed by atoms with Crippen LogP contribution in [-0.2, 0) is 10.0 Å². The summed E-state index contributed by atoms with van der Waals surface area (Å²) in [5.41, 5.74) is 0.541. The number of carbonyl (C=O) groups excluding carboxylic acids is 1. The largest absolute Gasteiger partial charge is 0.351 e. The average Bonchev–Trinajstić information content (AvgIpc) is 2.69. The van der Waals surface area contributed by atoms with Gasteiger partial charge in [0.1, 0.15) is 5.82 Å². The number of piperazine rings is 1. The van der Waals surface area contributed by atoms with Crippen molar-refractivity contribution in [2.45, 2.75) is 4.90 Å². The van der Waals surface area contributed by atoms with Crippen LogP contribution < -0.4 is 5.32 Å². The summed E-state index contributed by atoms with van der Waals surface area (Å²) >= 11 is 5.81. The Kier molecular flexibility index (Phi) is 6.66. The molecule has 0 bridgehead atoms. The fraction of sp³-hybridized carbons (Fsp3) is 0.316. The first-order chi connectivity index (χ1) is 13.4. The fourth-order valence-electron chi connectivity index (χ4n) is 2.98. The second kappa shape index (κ2) is 9.00. The topological polar surface area (TPSA) is 69.7 Å². The van der Waals surface area contributed by atoms with Crippen LogP contribution >= 0.6 is 11.6 Å². The van der Waals surface area contributed by atoms with Gasteiger partial charge in [-0.1, -0.05) is 11.6 Å². The van der Waals surface area contributed by atoms with Crippen LogP contribution in [-0.4, -0.2) is 62.8 Å². The van der Waals surface area contributed by atoms with Gasteiger partial charge < -0.3 is 5.32 Å². The zero-order valence-corrected chi connectivity index (χ0v) is 16.7. The van der Waals surface area contributed by atoms with E-state index in [9.17, 15) is 17.6 Å². The second-order valence-electron chi connectivity index (χ2n) is 6.46. The van der Waals surface area contributed by atoms with Gasteiger partial charge in [0.15, 0.2) is 0 Å². The Bertz CT molecular complexity index is 912. The van der Waals surface area contributed by atoms with Gasteiger partial charge in [-0.25, -0.2) is 12.8 Å². The minimum atomic E-state index is -3.62. The highest BCUT2D eigenvalue weighted by Gasteiger charge is 2.28. The summed E-state index contributed by atoms with van der Waals surface area (Å²) in [6.07, 6.45) is 0. The lowest BCUT2D eigenvalue weighted by Crippen LogP contribution is -2.50. The number of hydrogen-bond donors (Lipinski definition) is 1. The molecule has 0 unspecified atom stereocenters. The molecule has 0 aliphatic carbocycles. The minimum Gasteiger partial charge on any atom is -0.351 e. The smallest absolute Gasteiger partial charge is 0.251 e. The first kappa shape index (κ1) is 20.7. The number of nitrogens with one attached hydrogen (secondary N) is 1. The molecule has 1 fully saturated rings. The molecular weight excluding hydrogens is 405 g/mol. The molecule has 1 aliphatic rings. The van der Waals surface area contributed by atoms with Crippen LogP contribution in [0.4, 0.5) is 4.39 Å². The molecule has 1 N–H and O–H groups in total. The van der Waals surface area contributed by atoms with Gasteiger partial charge in [0.2, 0.25) is 10.0 Å². The van der Waals surface area contributed by atoms with E-state index in [-0.39, 0.29) is 10.8 Å². The summed E-state index contributed by atoms with van der Waals surface area (Å²) in [6.45, 7) is 2.93. The van der Waals surface area contributed by atoms with Crippen LogP contribution in [0.15, 0.2) is 53.4 Å². The predicted molar refractivity (Wildman–Crippen MR) is 105 cm³/mol. The minimum absolute atomic E-state index is 0.0950. The molecule has 1 saturated heterocycles. The number of benzene rings is 2. The van der Waals surface area contributed by atoms with Gasteiger partial charge in [0.25, 0.3) is 5.91 Å². The maximum absolute atomic E-state index is 13.0. The van der Waals surface area contributed by atoms with E-state index in [4.69, 9.17) is 11.6 Å². The molecule has 2 aromatic rings. The van der Waals surface area contributed by atoms with Gasteiger partial charge in [0.05, 0.1) is 4.90 Å². The summed E-state index contributed by atoms with van der Waals surface area (Å²) in [5.74, 6) is -0.640. The molecule has 1 aliphatic heterocycles. The number of halogens is 2. The molecule has 9 heteroatoms. The van der Waals surface area contributed by atoms with Crippen LogP contribution in [0.1, 0.15) is 10.4 Å². The standard InChI is InChI=1S/C19H21ClFN3O3S/c20-16-3-1-15(2-4-16)19(25)22-9-10-23-11-13-24(14-12-23)28(26,27)18-7-5-17(21)6-8-18/h1-8H,9-14H2,(H,22,25). The predicted octanol–water partition coefficient (Wildman–Crippen LogP) is 2.22. The zero-order chi connectivity index (χ0) is 20.1. The Morgan fingerprint density at radius 2 is 1.61 bits per heavy atom. The van der Waals surface area contributed by atoms with E-state index in [1.165, 1.54) is 16.4 Å². The lowest BCUT2D eigenvalue weighted by molar-refractivity contribution is 0.0945. The van der Waals surface area contributed by atoms with E-state index < -0.39 is 15.8 Å². The summed E-state index contributed by atoms with van der Waals surface area (Å²) in [6, 6.07) is 11.5. The van der Waals surface area contributed by atoms with Crippen molar-refractivity contribution < 1.29 is 17.6 Å². The average molecular weight is 426 g/mol. The molecule has 0 atom stereocenters. The number of carbonyl (C=O) groups is 1. The third-order valence-electron chi connectivity index (χ3n) is 4.60. The zero-order valence-electron chi connectivity index (χ0n) is 15.1. The molecule has 3 rings (SSSR count). The molecule has 0 saturated carbocycles. The van der Waals surface area contributed by atoms with Crippen molar-refractivity contribution >= 4 is 27.5 Å². The van der Waals surface area contributed by atoms with E-state index in [0.29, 0.717) is 49.9 Å². The van der Waals surface area contributed by atoms with Crippen molar-refractivity contribution in [2.24, 2.45) is 0 Å². The Morgan fingerprint density at radius 1 is 1.00 bits per heavy atom. The monoisotopic (exact) mass is 425 g/mol. The lowest BCUT2D eigenvalue weighted by Gasteiger charge is -2.33. The van der Waals surface area contributed by atoms with Crippen molar-refractivity contribution in [1.29, 1.82) is 0 Å². The molecule has 2 aromatic carbocycles. The molecule has 0 spiro atoms. The van der Waals surface area contributed by atoms with Gasteiger partial charge in [-0.2, -0.15) is 4.31 Å². The Morgan fingerprint density at radius 3 is 2.21 bits per heavy atom. The summed E-state index contributed by atoms with van der Waals surface area (Å²) in [7, 11) is -3.62. The molecule has 1 amide bonds. The third kappa shape index (κ3) is 5.08. The molecule has 0 aromatic heterocycles. The maximum Gasteiger partial charge on any atom is 0.251 e. The highest BCUT2D eigenvalue weighted by atomic mass is 35.5. The lowest BCUT2D eigenvalue weighted by atomic mass is 10.2. The van der Waals surface area contributed by atoms with Crippen molar-refractivity contribution in [3.8, 4) is 0 Å². The summed E-state index contributed by atoms with van der Waals surface area (Å²) < 4.78 is 39.6. The SMILES string of the molecule is O=C(NCCN1CCN(S(=O)(=O)c2ccc(F)cc2)CC1)c1ccc(Cl)cc1. The third-order valence-corrected chi connectivity index (χ3v) is 6.77. The van der Waals surface area contributed by atoms with E-state index >= 15 is 0 Å². The maximum atomic E-state index is 13.0. The van der Waals surface area contributed by atoms with E-state index in [1.54, 1.807) is 24.3 Å². The number of rotatable bonds is 6. The van der Waals surface area contributed by atoms with Crippen LogP contribution in [0, 0.1) is 5.82 Å². The van der Waals surface area contributed by atoms with Crippen molar-refractivity contribution in [3.05, 3.63) is 64.9 Å². The van der Waals surface area contributed by atoms with Crippen LogP contribution in [0.2, 0.25) is 5.02 Å². The highest BCUT2D eigenvalue weighted by Crippen LogP contribution is 2.18. The molecule has 150 valence electrons. The van der Waals surface area contributed by atoms with Gasteiger partial charge in [-0.15, -0.1) is 0 Å². The van der Waals surface area contributed by atoms with Crippen LogP contribution in [0.3, 0.4) is 0 Å². The van der Waals surface area contributed by atoms with E-state index in [1.807, 2.05) is 0 Å². The second-order valence-corrected chi connectivity index (χ2v) is 8.84. The Balaban J connectivity index is 1.45. The normalized spacial score (nSPS) is 16.1. The van der Waals surface area contributed by atoms with E-state index in [2.05, 4.69) is 10.2 Å². The van der Waals surface area contributed by atoms with Crippen molar-refractivity contribution in [3.63, 3.8) is 0 Å². The van der Waals surface area contributed by atoms with Crippen LogP contribution in [0.5, 0.6) is 0 Å². The molecule has 1 heterocycles. The number of hydrogen-bond acceptors (Lipinski definition) is 4. The molecular formula is C19H21ClFN3O3S. The van der Waals surface area contributed by atoms with E-state index in [0.717, 1.165) is 12.1 Å². The van der Waals surface area contributed by atoms with Gasteiger partial charge in [-0.3, -0.25) is 9.69 Å². The first-order valence-corrected chi connectivity index (χ1v) is 10.7. The van der Waals surface area contributed by atoms with Crippen molar-refractivity contribution in [2.75, 3.05) is 39.3 Å².